The molecule has 14 nitrogen and oxygen atoms in total. The van der Waals surface area contributed by atoms with Crippen molar-refractivity contribution in [2.75, 3.05) is 6.54 Å². The smallest absolute Gasteiger partial charge is 0.332 e. The molecular formula is C27H37N7O7. The molecule has 2 aliphatic rings. The van der Waals surface area contributed by atoms with Gasteiger partial charge in [-0.1, -0.05) is 18.2 Å². The fraction of sp³-hybridized carbons (Fsp3) is 0.519. The fourth-order valence-electron chi connectivity index (χ4n) is 4.57. The summed E-state index contributed by atoms with van der Waals surface area (Å²) >= 11 is 0. The molecule has 2 aliphatic heterocycles. The number of primary amides is 1. The van der Waals surface area contributed by atoms with Gasteiger partial charge >= 0.3 is 6.03 Å². The molecule has 5 N–H and O–H groups in total. The minimum absolute atomic E-state index is 0.0164. The maximum atomic E-state index is 13.6. The molecule has 3 unspecified atom stereocenters. The third kappa shape index (κ3) is 8.75. The Morgan fingerprint density at radius 1 is 1.17 bits per heavy atom. The zero-order valence-electron chi connectivity index (χ0n) is 23.4. The van der Waals surface area contributed by atoms with Crippen molar-refractivity contribution >= 4 is 41.8 Å². The molecule has 0 aromatic heterocycles. The van der Waals surface area contributed by atoms with Crippen LogP contribution in [-0.2, 0) is 23.9 Å². The average molecular weight is 572 g/mol. The summed E-state index contributed by atoms with van der Waals surface area (Å²) in [6, 6.07) is 4.42. The van der Waals surface area contributed by atoms with Crippen LogP contribution in [0.2, 0.25) is 0 Å². The molecule has 222 valence electrons. The van der Waals surface area contributed by atoms with Crippen LogP contribution in [-0.4, -0.2) is 82.1 Å². The van der Waals surface area contributed by atoms with Gasteiger partial charge in [-0.3, -0.25) is 24.2 Å². The molecule has 6 amide bonds. The number of benzene rings is 1. The van der Waals surface area contributed by atoms with E-state index in [2.05, 4.69) is 21.2 Å². The first-order chi connectivity index (χ1) is 19.4. The fourth-order valence-corrected chi connectivity index (χ4v) is 4.57. The van der Waals surface area contributed by atoms with E-state index in [1.165, 1.54) is 5.01 Å². The maximum Gasteiger partial charge on any atom is 0.332 e. The number of carbonyl (C=O) groups excluding carboxylic acids is 6. The number of aldehydes is 1. The molecule has 2 heterocycles. The second kappa shape index (κ2) is 13.7. The van der Waals surface area contributed by atoms with Gasteiger partial charge in [0.25, 0.3) is 11.8 Å². The minimum Gasteiger partial charge on any atom is -0.474 e. The van der Waals surface area contributed by atoms with Crippen LogP contribution in [0.4, 0.5) is 4.79 Å². The number of hydrazine groups is 1. The van der Waals surface area contributed by atoms with E-state index in [1.54, 1.807) is 51.1 Å². The maximum absolute atomic E-state index is 13.6. The lowest BCUT2D eigenvalue weighted by atomic mass is 10.0. The van der Waals surface area contributed by atoms with Crippen LogP contribution in [0.3, 0.4) is 0 Å². The molecule has 0 saturated carbocycles. The highest BCUT2D eigenvalue weighted by molar-refractivity contribution is 5.99. The van der Waals surface area contributed by atoms with Crippen molar-refractivity contribution < 1.29 is 33.5 Å². The number of nitrogens with one attached hydrogen (secondary N) is 3. The monoisotopic (exact) mass is 571 g/mol. The number of nitrogens with two attached hydrogens (primary N) is 1. The number of fused-ring (bicyclic) bond motifs is 1. The summed E-state index contributed by atoms with van der Waals surface area (Å²) < 4.78 is 5.71. The third-order valence-electron chi connectivity index (χ3n) is 6.38. The third-order valence-corrected chi connectivity index (χ3v) is 6.38. The summed E-state index contributed by atoms with van der Waals surface area (Å²) in [6.45, 7) is 5.57. The van der Waals surface area contributed by atoms with Gasteiger partial charge in [0.05, 0.1) is 6.04 Å². The number of ether oxygens (including phenoxy) is 1. The van der Waals surface area contributed by atoms with Gasteiger partial charge in [0.1, 0.15) is 24.0 Å². The Balaban J connectivity index is 1.73. The number of urea groups is 1. The highest BCUT2D eigenvalue weighted by Gasteiger charge is 2.44. The second-order valence-corrected chi connectivity index (χ2v) is 10.8. The molecular weight excluding hydrogens is 534 g/mol. The molecule has 1 aromatic rings. The van der Waals surface area contributed by atoms with Crippen LogP contribution in [0.1, 0.15) is 69.7 Å². The quantitative estimate of drug-likeness (QED) is 0.144. The molecule has 0 aliphatic carbocycles. The lowest BCUT2D eigenvalue weighted by molar-refractivity contribution is -0.176. The topological polar surface area (TPSA) is 193 Å². The highest BCUT2D eigenvalue weighted by atomic mass is 16.5. The largest absolute Gasteiger partial charge is 0.474 e. The normalized spacial score (nSPS) is 20.3. The number of carbonyl (C=O) groups is 6. The van der Waals surface area contributed by atoms with Crippen LogP contribution < -0.4 is 21.8 Å². The molecule has 0 radical (unpaired) electrons. The van der Waals surface area contributed by atoms with E-state index in [1.807, 2.05) is 0 Å². The summed E-state index contributed by atoms with van der Waals surface area (Å²) in [5.41, 5.74) is 6.87. The first-order valence-corrected chi connectivity index (χ1v) is 13.5. The Bertz CT molecular complexity index is 1180. The Labute approximate surface area is 238 Å². The lowest BCUT2D eigenvalue weighted by Crippen LogP contribution is -2.64. The van der Waals surface area contributed by atoms with Gasteiger partial charge in [0, 0.05) is 24.9 Å². The molecule has 14 heteroatoms. The zero-order chi connectivity index (χ0) is 30.2. The van der Waals surface area contributed by atoms with Gasteiger partial charge in [-0.25, -0.2) is 15.2 Å². The van der Waals surface area contributed by atoms with Crippen molar-refractivity contribution in [2.24, 2.45) is 10.8 Å². The number of hydrogen-bond acceptors (Lipinski definition) is 8. The standard InChI is InChI=1S/C27H37N7O7/c1-27(2,3)41-21(31-32-26(28)40)13-11-18(16-35)29-24(38)20-10-7-15-33-22(36)14-12-19(25(39)34(20)33)30-23(37)17-8-5-4-6-9-17/h4-6,8-9,16,18-20H,7,10-15H2,1-3H3,(H,29,38)(H,30,37)(H3,28,32,40). The molecule has 3 atom stereocenters. The lowest BCUT2D eigenvalue weighted by Gasteiger charge is -2.43. The van der Waals surface area contributed by atoms with Gasteiger partial charge in [0.15, 0.2) is 0 Å². The van der Waals surface area contributed by atoms with Crippen molar-refractivity contribution in [3.05, 3.63) is 35.9 Å². The molecule has 3 rings (SSSR count). The Morgan fingerprint density at radius 2 is 1.88 bits per heavy atom. The van der Waals surface area contributed by atoms with Crippen molar-refractivity contribution in [2.45, 2.75) is 83.0 Å². The van der Waals surface area contributed by atoms with Crippen LogP contribution in [0.15, 0.2) is 35.4 Å². The van der Waals surface area contributed by atoms with Gasteiger partial charge in [-0.2, -0.15) is 0 Å². The summed E-state index contributed by atoms with van der Waals surface area (Å²) in [5.74, 6) is -1.89. The van der Waals surface area contributed by atoms with Gasteiger partial charge < -0.3 is 25.9 Å². The van der Waals surface area contributed by atoms with E-state index >= 15 is 0 Å². The average Bonchev–Trinajstić information content (AvgIpc) is 3.05. The summed E-state index contributed by atoms with van der Waals surface area (Å²) in [7, 11) is 0. The van der Waals surface area contributed by atoms with Gasteiger partial charge in [-0.15, -0.1) is 5.10 Å². The molecule has 2 saturated heterocycles. The van der Waals surface area contributed by atoms with Crippen LogP contribution in [0, 0.1) is 0 Å². The number of rotatable bonds is 9. The van der Waals surface area contributed by atoms with Crippen molar-refractivity contribution in [1.29, 1.82) is 0 Å². The van der Waals surface area contributed by atoms with Crippen LogP contribution in [0.5, 0.6) is 0 Å². The van der Waals surface area contributed by atoms with E-state index in [-0.39, 0.29) is 50.5 Å². The van der Waals surface area contributed by atoms with Crippen LogP contribution >= 0.6 is 0 Å². The number of hydrogen-bond donors (Lipinski definition) is 4. The molecule has 41 heavy (non-hydrogen) atoms. The van der Waals surface area contributed by atoms with E-state index in [4.69, 9.17) is 10.5 Å². The summed E-state index contributed by atoms with van der Waals surface area (Å²) in [4.78, 5) is 75.7. The Hall–Kier alpha value is -4.49. The van der Waals surface area contributed by atoms with Crippen molar-refractivity contribution in [3.8, 4) is 0 Å². The Kier molecular flexibility index (Phi) is 10.4. The first kappa shape index (κ1) is 31.0. The zero-order valence-corrected chi connectivity index (χ0v) is 23.4. The predicted octanol–water partition coefficient (Wildman–Crippen LogP) is 0.574. The van der Waals surface area contributed by atoms with Crippen molar-refractivity contribution in [3.63, 3.8) is 0 Å². The van der Waals surface area contributed by atoms with Gasteiger partial charge in [-0.05, 0) is 58.6 Å². The van der Waals surface area contributed by atoms with E-state index < -0.39 is 47.5 Å². The number of nitrogens with zero attached hydrogens (tertiary/aromatic N) is 3. The molecule has 0 bridgehead atoms. The van der Waals surface area contributed by atoms with Crippen LogP contribution in [0.25, 0.3) is 0 Å². The molecule has 2 fully saturated rings. The molecule has 1 aromatic carbocycles. The highest BCUT2D eigenvalue weighted by Crippen LogP contribution is 2.25. The summed E-state index contributed by atoms with van der Waals surface area (Å²) in [5, 5.41) is 11.6. The summed E-state index contributed by atoms with van der Waals surface area (Å²) in [6.07, 6.45) is 1.53. The Morgan fingerprint density at radius 3 is 2.51 bits per heavy atom. The first-order valence-electron chi connectivity index (χ1n) is 13.5. The number of amides is 6. The molecule has 0 spiro atoms. The van der Waals surface area contributed by atoms with Gasteiger partial charge in [0.2, 0.25) is 17.7 Å². The van der Waals surface area contributed by atoms with E-state index in [0.717, 1.165) is 5.01 Å². The van der Waals surface area contributed by atoms with E-state index in [9.17, 15) is 28.8 Å². The predicted molar refractivity (Wildman–Crippen MR) is 147 cm³/mol. The second-order valence-electron chi connectivity index (χ2n) is 10.8. The van der Waals surface area contributed by atoms with E-state index in [0.29, 0.717) is 18.3 Å². The SMILES string of the molecule is CC(C)(C)OC(CCC(C=O)NC(=O)C1CCCN2C(=O)CCC(NC(=O)c3ccccc3)C(=O)N12)=NNC(N)=O. The van der Waals surface area contributed by atoms with Crippen molar-refractivity contribution in [1.82, 2.24) is 26.1 Å². The minimum atomic E-state index is -1.06. The number of hydrazone groups is 1.